The molecule has 4 nitrogen and oxygen atoms in total. The second-order valence-electron chi connectivity index (χ2n) is 5.51. The second-order valence-corrected chi connectivity index (χ2v) is 7.31. The Labute approximate surface area is 166 Å². The van der Waals surface area contributed by atoms with E-state index in [2.05, 4.69) is 30.9 Å². The van der Waals surface area contributed by atoms with Crippen molar-refractivity contribution in [1.29, 1.82) is 0 Å². The van der Waals surface area contributed by atoms with Crippen LogP contribution in [-0.2, 0) is 12.3 Å². The average Bonchev–Trinajstić information content (AvgIpc) is 3.03. The van der Waals surface area contributed by atoms with E-state index in [0.29, 0.717) is 12.3 Å². The van der Waals surface area contributed by atoms with Crippen molar-refractivity contribution in [2.24, 2.45) is 0 Å². The van der Waals surface area contributed by atoms with E-state index in [9.17, 15) is 13.2 Å². The molecule has 2 aromatic carbocycles. The predicted molar refractivity (Wildman–Crippen MR) is 102 cm³/mol. The highest BCUT2D eigenvalue weighted by Crippen LogP contribution is 2.31. The number of hydrogen-bond acceptors (Lipinski definition) is 4. The third kappa shape index (κ3) is 5.04. The van der Waals surface area contributed by atoms with Crippen LogP contribution in [0, 0.1) is 0 Å². The first-order valence-electron chi connectivity index (χ1n) is 8.03. The fraction of sp³-hybridized carbons (Fsp3) is 0.222. The second kappa shape index (κ2) is 8.35. The molecule has 3 aromatic rings. The van der Waals surface area contributed by atoms with Crippen LogP contribution < -0.4 is 4.74 Å². The monoisotopic (exact) mass is 457 g/mol. The van der Waals surface area contributed by atoms with E-state index in [1.807, 2.05) is 35.8 Å². The number of alkyl halides is 3. The Kier molecular flexibility index (Phi) is 6.11. The van der Waals surface area contributed by atoms with Crippen LogP contribution in [0.2, 0.25) is 0 Å². The molecule has 9 heteroatoms. The number of thioether (sulfide) groups is 1. The van der Waals surface area contributed by atoms with Crippen molar-refractivity contribution in [2.75, 3.05) is 0 Å². The van der Waals surface area contributed by atoms with Crippen LogP contribution in [-0.4, -0.2) is 21.1 Å². The van der Waals surface area contributed by atoms with Gasteiger partial charge in [0.25, 0.3) is 0 Å². The van der Waals surface area contributed by atoms with Crippen LogP contribution >= 0.6 is 27.7 Å². The molecule has 0 N–H and O–H groups in total. The van der Waals surface area contributed by atoms with Gasteiger partial charge in [0.1, 0.15) is 5.75 Å². The van der Waals surface area contributed by atoms with Crippen molar-refractivity contribution in [2.45, 2.75) is 30.7 Å². The summed E-state index contributed by atoms with van der Waals surface area (Å²) in [6.07, 6.45) is -4.68. The normalized spacial score (nSPS) is 11.6. The number of benzene rings is 2. The number of ether oxygens (including phenoxy) is 1. The minimum Gasteiger partial charge on any atom is -0.406 e. The van der Waals surface area contributed by atoms with Gasteiger partial charge in [0.15, 0.2) is 11.0 Å². The largest absolute Gasteiger partial charge is 0.573 e. The molecule has 0 aliphatic rings. The lowest BCUT2D eigenvalue weighted by atomic mass is 10.2. The Balaban J connectivity index is 1.73. The summed E-state index contributed by atoms with van der Waals surface area (Å²) < 4.78 is 43.5. The number of halogens is 4. The van der Waals surface area contributed by atoms with Gasteiger partial charge in [-0.1, -0.05) is 58.0 Å². The molecule has 0 aliphatic carbocycles. The van der Waals surface area contributed by atoms with E-state index in [1.54, 1.807) is 12.1 Å². The van der Waals surface area contributed by atoms with E-state index < -0.39 is 6.36 Å². The summed E-state index contributed by atoms with van der Waals surface area (Å²) in [7, 11) is 0. The fourth-order valence-electron chi connectivity index (χ4n) is 2.46. The van der Waals surface area contributed by atoms with Crippen LogP contribution in [0.3, 0.4) is 0 Å². The number of hydrogen-bond donors (Lipinski definition) is 0. The fourth-order valence-corrected chi connectivity index (χ4v) is 3.88. The molecule has 0 unspecified atom stereocenters. The van der Waals surface area contributed by atoms with Gasteiger partial charge >= 0.3 is 6.36 Å². The molecule has 0 aliphatic heterocycles. The molecule has 0 spiro atoms. The highest BCUT2D eigenvalue weighted by Gasteiger charge is 2.30. The Hall–Kier alpha value is -2.00. The molecule has 1 aromatic heterocycles. The molecule has 3 rings (SSSR count). The van der Waals surface area contributed by atoms with Gasteiger partial charge in [-0.3, -0.25) is 0 Å². The maximum Gasteiger partial charge on any atom is 0.573 e. The van der Waals surface area contributed by atoms with Crippen LogP contribution in [0.15, 0.2) is 58.2 Å². The average molecular weight is 458 g/mol. The zero-order chi connectivity index (χ0) is 19.4. The topological polar surface area (TPSA) is 39.9 Å². The zero-order valence-electron chi connectivity index (χ0n) is 14.2. The molecule has 0 radical (unpaired) electrons. The molecule has 0 fully saturated rings. The predicted octanol–water partition coefficient (Wildman–Crippen LogP) is 5.92. The first kappa shape index (κ1) is 19.8. The lowest BCUT2D eigenvalue weighted by molar-refractivity contribution is -0.274. The summed E-state index contributed by atoms with van der Waals surface area (Å²) >= 11 is 5.01. The van der Waals surface area contributed by atoms with E-state index in [-0.39, 0.29) is 5.75 Å². The minimum atomic E-state index is -4.68. The SMILES string of the molecule is CCn1c(SCc2ccc(OC(F)(F)F)cc2)nnc1-c1ccccc1Br. The highest BCUT2D eigenvalue weighted by molar-refractivity contribution is 9.10. The first-order valence-corrected chi connectivity index (χ1v) is 9.81. The number of nitrogens with zero attached hydrogens (tertiary/aromatic N) is 3. The standard InChI is InChI=1S/C18H15BrF3N3OS/c1-2-25-16(14-5-3-4-6-15(14)19)23-24-17(25)27-11-12-7-9-13(10-8-12)26-18(20,21)22/h3-10H,2,11H2,1H3. The summed E-state index contributed by atoms with van der Waals surface area (Å²) in [4.78, 5) is 0. The van der Waals surface area contributed by atoms with Crippen LogP contribution in [0.25, 0.3) is 11.4 Å². The van der Waals surface area contributed by atoms with Gasteiger partial charge < -0.3 is 9.30 Å². The summed E-state index contributed by atoms with van der Waals surface area (Å²) in [5.41, 5.74) is 1.81. The number of aromatic nitrogens is 3. The van der Waals surface area contributed by atoms with Crippen LogP contribution in [0.4, 0.5) is 13.2 Å². The summed E-state index contributed by atoms with van der Waals surface area (Å²) in [6, 6.07) is 13.6. The highest BCUT2D eigenvalue weighted by atomic mass is 79.9. The smallest absolute Gasteiger partial charge is 0.406 e. The maximum absolute atomic E-state index is 12.2. The van der Waals surface area contributed by atoms with Gasteiger partial charge in [0, 0.05) is 22.3 Å². The Morgan fingerprint density at radius 2 is 1.78 bits per heavy atom. The zero-order valence-corrected chi connectivity index (χ0v) is 16.6. The molecule has 0 amide bonds. The lowest BCUT2D eigenvalue weighted by Crippen LogP contribution is -2.16. The molecule has 1 heterocycles. The lowest BCUT2D eigenvalue weighted by Gasteiger charge is -2.10. The molecular weight excluding hydrogens is 443 g/mol. The van der Waals surface area contributed by atoms with Crippen LogP contribution in [0.5, 0.6) is 5.75 Å². The summed E-state index contributed by atoms with van der Waals surface area (Å²) in [6.45, 7) is 2.71. The molecule has 0 saturated carbocycles. The minimum absolute atomic E-state index is 0.232. The van der Waals surface area contributed by atoms with Gasteiger partial charge in [0.05, 0.1) is 0 Å². The van der Waals surface area contributed by atoms with E-state index >= 15 is 0 Å². The van der Waals surface area contributed by atoms with Crippen molar-refractivity contribution in [3.63, 3.8) is 0 Å². The third-order valence-corrected chi connectivity index (χ3v) is 5.40. The van der Waals surface area contributed by atoms with Gasteiger partial charge in [-0.2, -0.15) is 0 Å². The van der Waals surface area contributed by atoms with Crippen molar-refractivity contribution in [3.8, 4) is 17.1 Å². The van der Waals surface area contributed by atoms with E-state index in [4.69, 9.17) is 0 Å². The molecule has 142 valence electrons. The molecule has 0 saturated heterocycles. The van der Waals surface area contributed by atoms with Gasteiger partial charge in [0.2, 0.25) is 0 Å². The summed E-state index contributed by atoms with van der Waals surface area (Å²) in [5.74, 6) is 1.09. The maximum atomic E-state index is 12.2. The van der Waals surface area contributed by atoms with Crippen molar-refractivity contribution >= 4 is 27.7 Å². The Bertz CT molecular complexity index is 913. The Morgan fingerprint density at radius 3 is 2.41 bits per heavy atom. The number of rotatable bonds is 6. The van der Waals surface area contributed by atoms with E-state index in [0.717, 1.165) is 26.6 Å². The third-order valence-electron chi connectivity index (χ3n) is 3.67. The Morgan fingerprint density at radius 1 is 1.07 bits per heavy atom. The van der Waals surface area contributed by atoms with Crippen molar-refractivity contribution in [1.82, 2.24) is 14.8 Å². The molecule has 0 atom stereocenters. The molecular formula is C18H15BrF3N3OS. The quantitative estimate of drug-likeness (QED) is 0.430. The van der Waals surface area contributed by atoms with Gasteiger partial charge in [-0.05, 0) is 30.7 Å². The molecule has 0 bridgehead atoms. The summed E-state index contributed by atoms with van der Waals surface area (Å²) in [5, 5.41) is 9.32. The van der Waals surface area contributed by atoms with Gasteiger partial charge in [-0.15, -0.1) is 23.4 Å². The van der Waals surface area contributed by atoms with E-state index in [1.165, 1.54) is 23.9 Å². The first-order chi connectivity index (χ1) is 12.9. The van der Waals surface area contributed by atoms with Crippen LogP contribution in [0.1, 0.15) is 12.5 Å². The van der Waals surface area contributed by atoms with Crippen molar-refractivity contribution < 1.29 is 17.9 Å². The molecule has 27 heavy (non-hydrogen) atoms. The van der Waals surface area contributed by atoms with Gasteiger partial charge in [-0.25, -0.2) is 0 Å². The van der Waals surface area contributed by atoms with Crippen molar-refractivity contribution in [3.05, 3.63) is 58.6 Å².